The third kappa shape index (κ3) is 1.87. The summed E-state index contributed by atoms with van der Waals surface area (Å²) in [6, 6.07) is 4.14. The zero-order chi connectivity index (χ0) is 11.0. The maximum absolute atomic E-state index is 12.9. The summed E-state index contributed by atoms with van der Waals surface area (Å²) in [6.45, 7) is 0. The highest BCUT2D eigenvalue weighted by Crippen LogP contribution is 2.27. The van der Waals surface area contributed by atoms with Gasteiger partial charge in [-0.3, -0.25) is 9.19 Å². The Bertz CT molecular complexity index is 558. The molecule has 1 unspecified atom stereocenters. The molecule has 1 atom stereocenters. The molecular weight excluding hydrogens is 237 g/mol. The lowest BCUT2D eigenvalue weighted by molar-refractivity contribution is 0.629. The fourth-order valence-electron chi connectivity index (χ4n) is 1.32. The number of aromatic nitrogens is 1. The van der Waals surface area contributed by atoms with Gasteiger partial charge in [-0.15, -0.1) is 0 Å². The van der Waals surface area contributed by atoms with E-state index in [1.165, 1.54) is 30.7 Å². The van der Waals surface area contributed by atoms with Crippen LogP contribution in [0.5, 0.6) is 0 Å². The van der Waals surface area contributed by atoms with Crippen LogP contribution in [0.4, 0.5) is 4.39 Å². The molecule has 0 spiro atoms. The average molecular weight is 244 g/mol. The van der Waals surface area contributed by atoms with Crippen LogP contribution in [0.2, 0.25) is 5.02 Å². The Kier molecular flexibility index (Phi) is 2.71. The maximum atomic E-state index is 12.9. The highest BCUT2D eigenvalue weighted by atomic mass is 35.5. The number of halogens is 2. The first-order valence-corrected chi connectivity index (χ1v) is 6.10. The van der Waals surface area contributed by atoms with Gasteiger partial charge >= 0.3 is 0 Å². The number of nitrogens with zero attached hydrogens (tertiary/aromatic N) is 1. The van der Waals surface area contributed by atoms with E-state index in [0.717, 1.165) is 0 Å². The third-order valence-electron chi connectivity index (χ3n) is 2.04. The van der Waals surface area contributed by atoms with Gasteiger partial charge in [0.2, 0.25) is 0 Å². The molecule has 0 radical (unpaired) electrons. The minimum atomic E-state index is -1.19. The highest BCUT2D eigenvalue weighted by Gasteiger charge is 2.09. The number of pyridine rings is 1. The second-order valence-corrected chi connectivity index (χ2v) is 4.78. The Hall–Kier alpha value is -1.00. The summed E-state index contributed by atoms with van der Waals surface area (Å²) in [4.78, 5) is 4.47. The van der Waals surface area contributed by atoms with E-state index in [9.17, 15) is 8.60 Å². The van der Waals surface area contributed by atoms with Crippen molar-refractivity contribution in [2.75, 3.05) is 6.26 Å². The molecule has 2 nitrogen and oxygen atoms in total. The quantitative estimate of drug-likeness (QED) is 0.771. The summed E-state index contributed by atoms with van der Waals surface area (Å²) in [5.41, 5.74) is 0.467. The van der Waals surface area contributed by atoms with Crippen LogP contribution in [0.1, 0.15) is 0 Å². The fraction of sp³-hybridized carbons (Fsp3) is 0.100. The van der Waals surface area contributed by atoms with Gasteiger partial charge < -0.3 is 0 Å². The molecule has 2 aromatic rings. The summed E-state index contributed by atoms with van der Waals surface area (Å²) in [7, 11) is -1.19. The lowest BCUT2D eigenvalue weighted by Crippen LogP contribution is -1.92. The van der Waals surface area contributed by atoms with Gasteiger partial charge in [0.15, 0.2) is 0 Å². The monoisotopic (exact) mass is 243 g/mol. The molecule has 5 heteroatoms. The molecule has 0 bridgehead atoms. The van der Waals surface area contributed by atoms with Crippen molar-refractivity contribution in [3.05, 3.63) is 35.2 Å². The van der Waals surface area contributed by atoms with E-state index < -0.39 is 10.8 Å². The van der Waals surface area contributed by atoms with Crippen molar-refractivity contribution in [1.82, 2.24) is 4.98 Å². The van der Waals surface area contributed by atoms with E-state index in [0.29, 0.717) is 20.8 Å². The normalized spacial score (nSPS) is 13.0. The molecule has 0 fully saturated rings. The standard InChI is InChI=1S/C10H7ClFNOS/c1-15(14)9-5-13-8-4-6(12)2-3-7(8)10(9)11/h2-5H,1H3. The molecule has 0 aliphatic heterocycles. The molecular formula is C10H7ClFNOS. The van der Waals surface area contributed by atoms with Gasteiger partial charge in [0.25, 0.3) is 0 Å². The molecule has 1 heterocycles. The molecule has 15 heavy (non-hydrogen) atoms. The lowest BCUT2D eigenvalue weighted by atomic mass is 10.2. The molecule has 0 amide bonds. The molecule has 0 N–H and O–H groups in total. The number of hydrogen-bond donors (Lipinski definition) is 0. The molecule has 0 aliphatic carbocycles. The summed E-state index contributed by atoms with van der Waals surface area (Å²) in [5, 5.41) is 0.992. The number of benzene rings is 1. The van der Waals surface area contributed by atoms with Crippen LogP contribution in [-0.4, -0.2) is 15.4 Å². The topological polar surface area (TPSA) is 30.0 Å². The predicted octanol–water partition coefficient (Wildman–Crippen LogP) is 2.76. The van der Waals surface area contributed by atoms with Gasteiger partial charge in [-0.1, -0.05) is 11.6 Å². The molecule has 0 saturated heterocycles. The van der Waals surface area contributed by atoms with Crippen molar-refractivity contribution in [1.29, 1.82) is 0 Å². The maximum Gasteiger partial charge on any atom is 0.125 e. The van der Waals surface area contributed by atoms with Crippen LogP contribution in [0.25, 0.3) is 10.9 Å². The smallest absolute Gasteiger partial charge is 0.125 e. The Morgan fingerprint density at radius 2 is 2.20 bits per heavy atom. The van der Waals surface area contributed by atoms with Crippen LogP contribution in [0, 0.1) is 5.82 Å². The van der Waals surface area contributed by atoms with Crippen molar-refractivity contribution < 1.29 is 8.60 Å². The van der Waals surface area contributed by atoms with Gasteiger partial charge in [0, 0.05) is 23.9 Å². The number of rotatable bonds is 1. The molecule has 1 aromatic heterocycles. The summed E-state index contributed by atoms with van der Waals surface area (Å²) in [5.74, 6) is -0.364. The van der Waals surface area contributed by atoms with E-state index in [1.54, 1.807) is 0 Å². The van der Waals surface area contributed by atoms with Crippen molar-refractivity contribution in [2.45, 2.75) is 4.90 Å². The first-order chi connectivity index (χ1) is 7.09. The average Bonchev–Trinajstić information content (AvgIpc) is 2.17. The van der Waals surface area contributed by atoms with E-state index in [1.807, 2.05) is 0 Å². The van der Waals surface area contributed by atoms with Crippen molar-refractivity contribution in [3.8, 4) is 0 Å². The Labute approximate surface area is 93.5 Å². The Morgan fingerprint density at radius 3 is 2.87 bits per heavy atom. The zero-order valence-electron chi connectivity index (χ0n) is 7.83. The van der Waals surface area contributed by atoms with Crippen molar-refractivity contribution in [2.24, 2.45) is 0 Å². The molecule has 2 rings (SSSR count). The van der Waals surface area contributed by atoms with E-state index in [4.69, 9.17) is 11.6 Å². The zero-order valence-corrected chi connectivity index (χ0v) is 9.40. The molecule has 1 aromatic carbocycles. The van der Waals surface area contributed by atoms with Crippen molar-refractivity contribution in [3.63, 3.8) is 0 Å². The highest BCUT2D eigenvalue weighted by molar-refractivity contribution is 7.84. The number of hydrogen-bond acceptors (Lipinski definition) is 2. The van der Waals surface area contributed by atoms with Gasteiger partial charge in [-0.25, -0.2) is 4.39 Å². The van der Waals surface area contributed by atoms with E-state index in [-0.39, 0.29) is 5.82 Å². The Balaban J connectivity index is 2.80. The predicted molar refractivity (Wildman–Crippen MR) is 59.0 cm³/mol. The van der Waals surface area contributed by atoms with Gasteiger partial charge in [-0.2, -0.15) is 0 Å². The number of fused-ring (bicyclic) bond motifs is 1. The first kappa shape index (κ1) is 10.5. The fourth-order valence-corrected chi connectivity index (χ4v) is 2.41. The second-order valence-electron chi connectivity index (χ2n) is 3.05. The van der Waals surface area contributed by atoms with Crippen molar-refractivity contribution >= 4 is 33.3 Å². The summed E-state index contributed by atoms with van der Waals surface area (Å²) in [6.07, 6.45) is 2.94. The molecule has 0 saturated carbocycles. The van der Waals surface area contributed by atoms with Crippen LogP contribution in [-0.2, 0) is 10.8 Å². The SMILES string of the molecule is CS(=O)c1cnc2cc(F)ccc2c1Cl. The molecule has 78 valence electrons. The largest absolute Gasteiger partial charge is 0.255 e. The lowest BCUT2D eigenvalue weighted by Gasteiger charge is -2.04. The van der Waals surface area contributed by atoms with Gasteiger partial charge in [0.1, 0.15) is 5.82 Å². The van der Waals surface area contributed by atoms with Gasteiger partial charge in [0.05, 0.1) is 26.2 Å². The Morgan fingerprint density at radius 1 is 1.47 bits per heavy atom. The minimum absolute atomic E-state index is 0.364. The molecule has 0 aliphatic rings. The van der Waals surface area contributed by atoms with Crippen LogP contribution < -0.4 is 0 Å². The minimum Gasteiger partial charge on any atom is -0.255 e. The van der Waals surface area contributed by atoms with Crippen LogP contribution in [0.15, 0.2) is 29.3 Å². The van der Waals surface area contributed by atoms with Gasteiger partial charge in [-0.05, 0) is 12.1 Å². The second kappa shape index (κ2) is 3.87. The van der Waals surface area contributed by atoms with E-state index >= 15 is 0 Å². The van der Waals surface area contributed by atoms with Crippen LogP contribution in [0.3, 0.4) is 0 Å². The van der Waals surface area contributed by atoms with E-state index in [2.05, 4.69) is 4.98 Å². The third-order valence-corrected chi connectivity index (χ3v) is 3.49. The first-order valence-electron chi connectivity index (χ1n) is 4.17. The summed E-state index contributed by atoms with van der Waals surface area (Å²) >= 11 is 6.03. The summed E-state index contributed by atoms with van der Waals surface area (Å²) < 4.78 is 24.2. The van der Waals surface area contributed by atoms with Crippen LogP contribution >= 0.6 is 11.6 Å².